The van der Waals surface area contributed by atoms with Crippen molar-refractivity contribution in [3.63, 3.8) is 0 Å². The van der Waals surface area contributed by atoms with Gasteiger partial charge < -0.3 is 5.32 Å². The van der Waals surface area contributed by atoms with E-state index < -0.39 is 0 Å². The Morgan fingerprint density at radius 3 is 2.61 bits per heavy atom. The second-order valence-electron chi connectivity index (χ2n) is 3.76. The van der Waals surface area contributed by atoms with Gasteiger partial charge in [-0.15, -0.1) is 0 Å². The van der Waals surface area contributed by atoms with Gasteiger partial charge in [0, 0.05) is 20.5 Å². The zero-order chi connectivity index (χ0) is 13.1. The minimum Gasteiger partial charge on any atom is -0.380 e. The van der Waals surface area contributed by atoms with Crippen molar-refractivity contribution in [2.24, 2.45) is 0 Å². The first-order chi connectivity index (χ1) is 8.54. The summed E-state index contributed by atoms with van der Waals surface area (Å²) in [7, 11) is 0. The Hall–Kier alpha value is -0.580. The zero-order valence-electron chi connectivity index (χ0n) is 9.18. The summed E-state index contributed by atoms with van der Waals surface area (Å²) in [6.45, 7) is 0.523. The maximum absolute atomic E-state index is 13.2. The molecule has 0 aliphatic heterocycles. The predicted octanol–water partition coefficient (Wildman–Crippen LogP) is 5.62. The predicted molar refractivity (Wildman–Crippen MR) is 80.6 cm³/mol. The molecule has 0 unspecified atom stereocenters. The summed E-state index contributed by atoms with van der Waals surface area (Å²) in [5.74, 6) is -0.258. The Morgan fingerprint density at radius 1 is 1.11 bits per heavy atom. The molecule has 0 aliphatic carbocycles. The zero-order valence-corrected chi connectivity index (χ0v) is 13.1. The van der Waals surface area contributed by atoms with Gasteiger partial charge in [-0.05, 0) is 57.9 Å². The van der Waals surface area contributed by atoms with E-state index in [2.05, 4.69) is 37.2 Å². The van der Waals surface area contributed by atoms with Gasteiger partial charge in [-0.3, -0.25) is 0 Å². The molecule has 18 heavy (non-hydrogen) atoms. The molecular weight excluding hydrogens is 384 g/mol. The lowest BCUT2D eigenvalue weighted by molar-refractivity contribution is 0.625. The van der Waals surface area contributed by atoms with Crippen molar-refractivity contribution in [2.75, 3.05) is 5.32 Å². The topological polar surface area (TPSA) is 12.0 Å². The minimum atomic E-state index is -0.258. The van der Waals surface area contributed by atoms with Gasteiger partial charge in [-0.1, -0.05) is 27.5 Å². The summed E-state index contributed by atoms with van der Waals surface area (Å²) in [5, 5.41) is 3.86. The molecule has 0 fully saturated rings. The second kappa shape index (κ2) is 6.04. The molecule has 0 amide bonds. The molecule has 2 aromatic carbocycles. The lowest BCUT2D eigenvalue weighted by Crippen LogP contribution is -2.00. The number of hydrogen-bond donors (Lipinski definition) is 1. The Morgan fingerprint density at radius 2 is 1.89 bits per heavy atom. The highest BCUT2D eigenvalue weighted by atomic mass is 79.9. The van der Waals surface area contributed by atoms with Crippen molar-refractivity contribution in [3.05, 3.63) is 61.7 Å². The second-order valence-corrected chi connectivity index (χ2v) is 5.96. The van der Waals surface area contributed by atoms with Crippen LogP contribution in [0.4, 0.5) is 10.1 Å². The van der Waals surface area contributed by atoms with Crippen LogP contribution in [0.15, 0.2) is 45.3 Å². The van der Waals surface area contributed by atoms with Crippen molar-refractivity contribution in [3.8, 4) is 0 Å². The molecule has 0 heterocycles. The maximum Gasteiger partial charge on any atom is 0.124 e. The largest absolute Gasteiger partial charge is 0.380 e. The Balaban J connectivity index is 2.13. The lowest BCUT2D eigenvalue weighted by Gasteiger charge is -2.09. The van der Waals surface area contributed by atoms with Gasteiger partial charge in [0.2, 0.25) is 0 Å². The third-order valence-corrected chi connectivity index (χ3v) is 3.72. The maximum atomic E-state index is 13.2. The summed E-state index contributed by atoms with van der Waals surface area (Å²) in [6.07, 6.45) is 0. The molecule has 0 spiro atoms. The van der Waals surface area contributed by atoms with Crippen LogP contribution in [-0.2, 0) is 6.54 Å². The van der Waals surface area contributed by atoms with Crippen LogP contribution in [0.25, 0.3) is 0 Å². The van der Waals surface area contributed by atoms with Crippen LogP contribution < -0.4 is 5.32 Å². The van der Waals surface area contributed by atoms with Gasteiger partial charge in [0.25, 0.3) is 0 Å². The molecule has 0 aromatic heterocycles. The van der Waals surface area contributed by atoms with Crippen LogP contribution in [0, 0.1) is 5.82 Å². The van der Waals surface area contributed by atoms with Crippen LogP contribution in [-0.4, -0.2) is 0 Å². The molecule has 1 nitrogen and oxygen atoms in total. The summed E-state index contributed by atoms with van der Waals surface area (Å²) in [5.41, 5.74) is 1.73. The smallest absolute Gasteiger partial charge is 0.124 e. The van der Waals surface area contributed by atoms with Crippen molar-refractivity contribution < 1.29 is 4.39 Å². The molecule has 2 rings (SSSR count). The summed E-state index contributed by atoms with van der Waals surface area (Å²) >= 11 is 12.6. The number of anilines is 1. The van der Waals surface area contributed by atoms with E-state index in [1.165, 1.54) is 12.1 Å². The van der Waals surface area contributed by atoms with Gasteiger partial charge in [-0.2, -0.15) is 0 Å². The van der Waals surface area contributed by atoms with Crippen molar-refractivity contribution in [1.82, 2.24) is 0 Å². The number of hydrogen-bond acceptors (Lipinski definition) is 1. The molecule has 0 bridgehead atoms. The van der Waals surface area contributed by atoms with Gasteiger partial charge in [0.05, 0.1) is 5.69 Å². The van der Waals surface area contributed by atoms with Crippen LogP contribution in [0.1, 0.15) is 5.56 Å². The highest BCUT2D eigenvalue weighted by Gasteiger charge is 2.02. The Kier molecular flexibility index (Phi) is 4.65. The fourth-order valence-corrected chi connectivity index (χ4v) is 2.61. The fraction of sp³-hybridized carbons (Fsp3) is 0.0769. The molecule has 0 aliphatic rings. The summed E-state index contributed by atoms with van der Waals surface area (Å²) in [6, 6.07) is 10.3. The van der Waals surface area contributed by atoms with Gasteiger partial charge in [-0.25, -0.2) is 4.39 Å². The van der Waals surface area contributed by atoms with Crippen LogP contribution >= 0.6 is 43.5 Å². The van der Waals surface area contributed by atoms with E-state index >= 15 is 0 Å². The molecule has 94 valence electrons. The van der Waals surface area contributed by atoms with E-state index in [1.807, 2.05) is 18.2 Å². The third-order valence-electron chi connectivity index (χ3n) is 2.33. The Labute approximate surface area is 127 Å². The number of nitrogens with one attached hydrogen (secondary N) is 1. The molecule has 0 radical (unpaired) electrons. The first-order valence-electron chi connectivity index (χ1n) is 5.18. The molecule has 0 saturated carbocycles. The van der Waals surface area contributed by atoms with Gasteiger partial charge >= 0.3 is 0 Å². The molecule has 5 heteroatoms. The summed E-state index contributed by atoms with van der Waals surface area (Å²) < 4.78 is 14.9. The van der Waals surface area contributed by atoms with E-state index in [0.29, 0.717) is 11.6 Å². The average molecular weight is 393 g/mol. The van der Waals surface area contributed by atoms with Crippen LogP contribution in [0.5, 0.6) is 0 Å². The van der Waals surface area contributed by atoms with E-state index in [-0.39, 0.29) is 5.82 Å². The molecule has 2 aromatic rings. The minimum absolute atomic E-state index is 0.258. The van der Waals surface area contributed by atoms with Crippen LogP contribution in [0.2, 0.25) is 5.02 Å². The molecule has 0 saturated heterocycles. The highest BCUT2D eigenvalue weighted by Crippen LogP contribution is 2.26. The fourth-order valence-electron chi connectivity index (χ4n) is 1.54. The number of benzene rings is 2. The van der Waals surface area contributed by atoms with Gasteiger partial charge in [0.1, 0.15) is 5.82 Å². The first-order valence-corrected chi connectivity index (χ1v) is 7.15. The Bertz CT molecular complexity index is 555. The van der Waals surface area contributed by atoms with Crippen molar-refractivity contribution in [2.45, 2.75) is 6.54 Å². The standard InChI is InChI=1S/C13H9Br2ClFN/c14-9-3-8(4-11(17)5-9)7-18-13-6-10(16)1-2-12(13)15/h1-6,18H,7H2. The van der Waals surface area contributed by atoms with Crippen molar-refractivity contribution >= 4 is 49.1 Å². The van der Waals surface area contributed by atoms with E-state index in [9.17, 15) is 4.39 Å². The first kappa shape index (κ1) is 13.8. The van der Waals surface area contributed by atoms with E-state index in [0.717, 1.165) is 20.2 Å². The summed E-state index contributed by atoms with van der Waals surface area (Å²) in [4.78, 5) is 0. The highest BCUT2D eigenvalue weighted by molar-refractivity contribution is 9.10. The quantitative estimate of drug-likeness (QED) is 0.714. The number of halogens is 4. The number of rotatable bonds is 3. The van der Waals surface area contributed by atoms with Crippen molar-refractivity contribution in [1.29, 1.82) is 0 Å². The van der Waals surface area contributed by atoms with Gasteiger partial charge in [0.15, 0.2) is 0 Å². The SMILES string of the molecule is Fc1cc(Br)cc(CNc2cc(Cl)ccc2Br)c1. The normalized spacial score (nSPS) is 10.4. The molecule has 0 atom stereocenters. The monoisotopic (exact) mass is 391 g/mol. The van der Waals surface area contributed by atoms with E-state index in [4.69, 9.17) is 11.6 Å². The third kappa shape index (κ3) is 3.70. The average Bonchev–Trinajstić information content (AvgIpc) is 2.29. The van der Waals surface area contributed by atoms with Crippen LogP contribution in [0.3, 0.4) is 0 Å². The van der Waals surface area contributed by atoms with E-state index in [1.54, 1.807) is 6.07 Å². The molecular formula is C13H9Br2ClFN. The molecule has 1 N–H and O–H groups in total. The lowest BCUT2D eigenvalue weighted by atomic mass is 10.2.